The third-order valence-electron chi connectivity index (χ3n) is 1.93. The fourth-order valence-corrected chi connectivity index (χ4v) is 1.11. The number of aromatic nitrogens is 3. The number of hydrogen-bond donors (Lipinski definition) is 1. The van der Waals surface area contributed by atoms with Crippen molar-refractivity contribution in [2.75, 3.05) is 0 Å². The fourth-order valence-electron chi connectivity index (χ4n) is 1.11. The van der Waals surface area contributed by atoms with Gasteiger partial charge in [-0.25, -0.2) is 10.1 Å². The smallest absolute Gasteiger partial charge is 0.265 e. The second-order valence-corrected chi connectivity index (χ2v) is 3.18. The van der Waals surface area contributed by atoms with Crippen molar-refractivity contribution in [3.05, 3.63) is 41.5 Å². The third-order valence-corrected chi connectivity index (χ3v) is 1.93. The van der Waals surface area contributed by atoms with Crippen molar-refractivity contribution in [2.45, 2.75) is 6.92 Å². The number of hydrazone groups is 1. The highest BCUT2D eigenvalue weighted by molar-refractivity contribution is 5.93. The van der Waals surface area contributed by atoms with E-state index in [0.717, 1.165) is 5.56 Å². The molecule has 0 aliphatic rings. The van der Waals surface area contributed by atoms with E-state index in [1.165, 1.54) is 6.21 Å². The molecular weight excluding hydrogens is 222 g/mol. The standard InChI is InChI=1S/C10H9N5O2/c1-7-9(15-17-14-7)10(16)13-12-6-8-3-2-4-11-5-8/h2-6H,1H3,(H,13,16)/b12-6+. The molecular formula is C10H9N5O2. The molecule has 0 fully saturated rings. The molecule has 86 valence electrons. The van der Waals surface area contributed by atoms with Crippen LogP contribution in [-0.4, -0.2) is 27.4 Å². The molecule has 0 aliphatic carbocycles. The minimum Gasteiger partial charge on any atom is -0.265 e. The van der Waals surface area contributed by atoms with Gasteiger partial charge in [0.05, 0.1) is 6.21 Å². The molecule has 2 heterocycles. The summed E-state index contributed by atoms with van der Waals surface area (Å²) >= 11 is 0. The fraction of sp³-hybridized carbons (Fsp3) is 0.100. The van der Waals surface area contributed by atoms with Crippen LogP contribution in [0.4, 0.5) is 0 Å². The molecule has 0 saturated carbocycles. The van der Waals surface area contributed by atoms with E-state index in [4.69, 9.17) is 0 Å². The Morgan fingerprint density at radius 1 is 1.53 bits per heavy atom. The van der Waals surface area contributed by atoms with E-state index in [1.807, 2.05) is 6.07 Å². The lowest BCUT2D eigenvalue weighted by molar-refractivity contribution is 0.0945. The van der Waals surface area contributed by atoms with Gasteiger partial charge in [0.2, 0.25) is 0 Å². The van der Waals surface area contributed by atoms with Gasteiger partial charge >= 0.3 is 0 Å². The normalized spacial score (nSPS) is 10.6. The van der Waals surface area contributed by atoms with Gasteiger partial charge < -0.3 is 0 Å². The average Bonchev–Trinajstić information content (AvgIpc) is 2.77. The van der Waals surface area contributed by atoms with E-state index in [9.17, 15) is 4.79 Å². The molecule has 0 radical (unpaired) electrons. The number of hydrogen-bond acceptors (Lipinski definition) is 6. The lowest BCUT2D eigenvalue weighted by Gasteiger charge is -1.94. The molecule has 1 amide bonds. The summed E-state index contributed by atoms with van der Waals surface area (Å²) in [5.74, 6) is -0.469. The molecule has 17 heavy (non-hydrogen) atoms. The summed E-state index contributed by atoms with van der Waals surface area (Å²) in [6, 6.07) is 3.58. The van der Waals surface area contributed by atoms with Crippen LogP contribution >= 0.6 is 0 Å². The zero-order valence-electron chi connectivity index (χ0n) is 8.99. The Morgan fingerprint density at radius 2 is 2.41 bits per heavy atom. The number of nitrogens with one attached hydrogen (secondary N) is 1. The molecule has 2 rings (SSSR count). The van der Waals surface area contributed by atoms with Crippen molar-refractivity contribution < 1.29 is 9.42 Å². The van der Waals surface area contributed by atoms with Crippen LogP contribution in [0.1, 0.15) is 21.7 Å². The van der Waals surface area contributed by atoms with Gasteiger partial charge in [-0.1, -0.05) is 11.2 Å². The number of carbonyl (C=O) groups is 1. The Kier molecular flexibility index (Phi) is 3.20. The molecule has 1 N–H and O–H groups in total. The summed E-state index contributed by atoms with van der Waals surface area (Å²) in [5, 5.41) is 10.7. The highest BCUT2D eigenvalue weighted by Gasteiger charge is 2.13. The predicted octanol–water partition coefficient (Wildman–Crippen LogP) is 0.537. The summed E-state index contributed by atoms with van der Waals surface area (Å²) in [4.78, 5) is 15.4. The van der Waals surface area contributed by atoms with Crippen molar-refractivity contribution in [3.8, 4) is 0 Å². The maximum absolute atomic E-state index is 11.5. The molecule has 0 spiro atoms. The summed E-state index contributed by atoms with van der Waals surface area (Å²) in [7, 11) is 0. The van der Waals surface area contributed by atoms with E-state index < -0.39 is 5.91 Å². The Morgan fingerprint density at radius 3 is 3.06 bits per heavy atom. The second-order valence-electron chi connectivity index (χ2n) is 3.18. The van der Waals surface area contributed by atoms with E-state index in [0.29, 0.717) is 5.69 Å². The van der Waals surface area contributed by atoms with E-state index >= 15 is 0 Å². The Bertz CT molecular complexity index is 535. The van der Waals surface area contributed by atoms with Gasteiger partial charge in [0, 0.05) is 18.0 Å². The van der Waals surface area contributed by atoms with E-state index in [-0.39, 0.29) is 5.69 Å². The van der Waals surface area contributed by atoms with Crippen LogP contribution in [0.25, 0.3) is 0 Å². The first kappa shape index (κ1) is 10.9. The maximum Gasteiger partial charge on any atom is 0.295 e. The van der Waals surface area contributed by atoms with Gasteiger partial charge in [0.25, 0.3) is 5.91 Å². The van der Waals surface area contributed by atoms with Gasteiger partial charge in [0.1, 0.15) is 5.69 Å². The average molecular weight is 231 g/mol. The third kappa shape index (κ3) is 2.71. The summed E-state index contributed by atoms with van der Waals surface area (Å²) in [6.45, 7) is 1.62. The van der Waals surface area contributed by atoms with Crippen molar-refractivity contribution >= 4 is 12.1 Å². The molecule has 0 aromatic carbocycles. The summed E-state index contributed by atoms with van der Waals surface area (Å²) < 4.78 is 4.41. The van der Waals surface area contributed by atoms with Crippen LogP contribution in [0, 0.1) is 6.92 Å². The summed E-state index contributed by atoms with van der Waals surface area (Å²) in [6.07, 6.45) is 4.76. The van der Waals surface area contributed by atoms with E-state index in [1.54, 1.807) is 25.4 Å². The second kappa shape index (κ2) is 4.97. The Labute approximate surface area is 96.5 Å². The summed E-state index contributed by atoms with van der Waals surface area (Å²) in [5.41, 5.74) is 3.63. The number of nitrogens with zero attached hydrogens (tertiary/aromatic N) is 4. The quantitative estimate of drug-likeness (QED) is 0.614. The minimum atomic E-state index is -0.469. The molecule has 0 saturated heterocycles. The molecule has 0 unspecified atom stereocenters. The van der Waals surface area contributed by atoms with E-state index in [2.05, 4.69) is 30.5 Å². The van der Waals surface area contributed by atoms with Crippen LogP contribution in [-0.2, 0) is 0 Å². The maximum atomic E-state index is 11.5. The molecule has 7 heteroatoms. The monoisotopic (exact) mass is 231 g/mol. The van der Waals surface area contributed by atoms with Crippen LogP contribution in [0.3, 0.4) is 0 Å². The molecule has 0 aliphatic heterocycles. The molecule has 0 atom stereocenters. The first-order valence-electron chi connectivity index (χ1n) is 4.80. The van der Waals surface area contributed by atoms with Crippen molar-refractivity contribution in [2.24, 2.45) is 5.10 Å². The van der Waals surface area contributed by atoms with Crippen LogP contribution in [0.5, 0.6) is 0 Å². The van der Waals surface area contributed by atoms with Gasteiger partial charge in [-0.05, 0) is 18.1 Å². The van der Waals surface area contributed by atoms with Crippen molar-refractivity contribution in [3.63, 3.8) is 0 Å². The van der Waals surface area contributed by atoms with Crippen molar-refractivity contribution in [1.29, 1.82) is 0 Å². The van der Waals surface area contributed by atoms with Crippen molar-refractivity contribution in [1.82, 2.24) is 20.7 Å². The van der Waals surface area contributed by atoms with Crippen LogP contribution in [0.2, 0.25) is 0 Å². The Balaban J connectivity index is 1.98. The molecule has 7 nitrogen and oxygen atoms in total. The van der Waals surface area contributed by atoms with Gasteiger partial charge in [-0.2, -0.15) is 5.10 Å². The number of pyridine rings is 1. The highest BCUT2D eigenvalue weighted by Crippen LogP contribution is 1.99. The number of rotatable bonds is 3. The highest BCUT2D eigenvalue weighted by atomic mass is 16.6. The molecule has 2 aromatic heterocycles. The van der Waals surface area contributed by atoms with Gasteiger partial charge in [0.15, 0.2) is 5.69 Å². The largest absolute Gasteiger partial charge is 0.295 e. The first-order chi connectivity index (χ1) is 8.27. The molecule has 2 aromatic rings. The Hall–Kier alpha value is -2.57. The zero-order valence-corrected chi connectivity index (χ0v) is 8.99. The number of aryl methyl sites for hydroxylation is 1. The lowest BCUT2D eigenvalue weighted by atomic mass is 10.3. The van der Waals surface area contributed by atoms with Crippen LogP contribution < -0.4 is 5.43 Å². The first-order valence-corrected chi connectivity index (χ1v) is 4.80. The molecule has 0 bridgehead atoms. The predicted molar refractivity (Wildman–Crippen MR) is 58.3 cm³/mol. The number of carbonyl (C=O) groups excluding carboxylic acids is 1. The topological polar surface area (TPSA) is 93.3 Å². The lowest BCUT2D eigenvalue weighted by Crippen LogP contribution is -2.19. The van der Waals surface area contributed by atoms with Gasteiger partial charge in [-0.3, -0.25) is 9.78 Å². The van der Waals surface area contributed by atoms with Crippen LogP contribution in [0.15, 0.2) is 34.3 Å². The SMILES string of the molecule is Cc1nonc1C(=O)N/N=C/c1cccnc1. The minimum absolute atomic E-state index is 0.119. The number of amides is 1. The zero-order chi connectivity index (χ0) is 12.1. The van der Waals surface area contributed by atoms with Gasteiger partial charge in [-0.15, -0.1) is 0 Å².